The molecule has 3 rings (SSSR count). The SMILES string of the molecule is CCOC(=O)c1cnn(-c2ccc(C(=O)NCC(C)N(C)C3CC3)cc2)c1C(F)(F)F. The number of carbonyl (C=O) groups is 2. The molecule has 168 valence electrons. The number of nitrogens with zero attached hydrogens (tertiary/aromatic N) is 3. The van der Waals surface area contributed by atoms with Crippen LogP contribution < -0.4 is 5.32 Å². The van der Waals surface area contributed by atoms with Crippen molar-refractivity contribution in [3.05, 3.63) is 47.3 Å². The maximum absolute atomic E-state index is 13.6. The molecule has 0 radical (unpaired) electrons. The Morgan fingerprint density at radius 3 is 2.48 bits per heavy atom. The summed E-state index contributed by atoms with van der Waals surface area (Å²) in [4.78, 5) is 26.5. The lowest BCUT2D eigenvalue weighted by Gasteiger charge is -2.24. The molecule has 1 aromatic heterocycles. The van der Waals surface area contributed by atoms with Gasteiger partial charge in [-0.05, 0) is 58.0 Å². The van der Waals surface area contributed by atoms with E-state index in [-0.39, 0.29) is 24.2 Å². The van der Waals surface area contributed by atoms with E-state index in [1.807, 2.05) is 14.0 Å². The molecule has 1 N–H and O–H groups in total. The van der Waals surface area contributed by atoms with Gasteiger partial charge in [0.05, 0.1) is 18.5 Å². The quantitative estimate of drug-likeness (QED) is 0.641. The van der Waals surface area contributed by atoms with E-state index in [0.717, 1.165) is 6.20 Å². The summed E-state index contributed by atoms with van der Waals surface area (Å²) in [6.07, 6.45) is -1.65. The molecule has 1 unspecified atom stereocenters. The lowest BCUT2D eigenvalue weighted by molar-refractivity contribution is -0.143. The molecule has 10 heteroatoms. The highest BCUT2D eigenvalue weighted by Crippen LogP contribution is 2.34. The Morgan fingerprint density at radius 2 is 1.94 bits per heavy atom. The van der Waals surface area contributed by atoms with Crippen LogP contribution in [0.3, 0.4) is 0 Å². The lowest BCUT2D eigenvalue weighted by Crippen LogP contribution is -2.41. The topological polar surface area (TPSA) is 76.5 Å². The Hall–Kier alpha value is -2.88. The molecule has 1 aromatic carbocycles. The summed E-state index contributed by atoms with van der Waals surface area (Å²) in [7, 11) is 2.02. The zero-order chi connectivity index (χ0) is 22.8. The van der Waals surface area contributed by atoms with Crippen LogP contribution in [0.4, 0.5) is 13.2 Å². The molecule has 0 bridgehead atoms. The number of aromatic nitrogens is 2. The predicted molar refractivity (Wildman–Crippen MR) is 107 cm³/mol. The van der Waals surface area contributed by atoms with Gasteiger partial charge in [0.2, 0.25) is 0 Å². The number of alkyl halides is 3. The fraction of sp³-hybridized carbons (Fsp3) is 0.476. The number of amides is 1. The van der Waals surface area contributed by atoms with E-state index in [1.54, 1.807) is 0 Å². The van der Waals surface area contributed by atoms with E-state index in [0.29, 0.717) is 22.8 Å². The Labute approximate surface area is 178 Å². The highest BCUT2D eigenvalue weighted by atomic mass is 19.4. The first-order chi connectivity index (χ1) is 14.6. The zero-order valence-electron chi connectivity index (χ0n) is 17.6. The Bertz CT molecular complexity index is 936. The third kappa shape index (κ3) is 5.25. The van der Waals surface area contributed by atoms with Gasteiger partial charge in [-0.1, -0.05) is 0 Å². The lowest BCUT2D eigenvalue weighted by atomic mass is 10.1. The summed E-state index contributed by atoms with van der Waals surface area (Å²) in [5, 5.41) is 6.57. The van der Waals surface area contributed by atoms with Crippen molar-refractivity contribution in [2.45, 2.75) is 44.9 Å². The van der Waals surface area contributed by atoms with Gasteiger partial charge in [0.25, 0.3) is 5.91 Å². The van der Waals surface area contributed by atoms with E-state index in [1.165, 1.54) is 44.0 Å². The van der Waals surface area contributed by atoms with Crippen LogP contribution in [0.1, 0.15) is 53.1 Å². The van der Waals surface area contributed by atoms with Crippen LogP contribution in [0.5, 0.6) is 0 Å². The van der Waals surface area contributed by atoms with Crippen molar-refractivity contribution in [3.8, 4) is 5.69 Å². The first-order valence-electron chi connectivity index (χ1n) is 10.1. The summed E-state index contributed by atoms with van der Waals surface area (Å²) in [6.45, 7) is 3.94. The van der Waals surface area contributed by atoms with Gasteiger partial charge in [-0.3, -0.25) is 9.69 Å². The second-order valence-corrected chi connectivity index (χ2v) is 7.54. The largest absolute Gasteiger partial charge is 0.462 e. The summed E-state index contributed by atoms with van der Waals surface area (Å²) in [6, 6.07) is 6.30. The van der Waals surface area contributed by atoms with Gasteiger partial charge in [0, 0.05) is 24.2 Å². The summed E-state index contributed by atoms with van der Waals surface area (Å²) >= 11 is 0. The van der Waals surface area contributed by atoms with Crippen molar-refractivity contribution in [1.29, 1.82) is 0 Å². The molecule has 7 nitrogen and oxygen atoms in total. The number of carbonyl (C=O) groups excluding carboxylic acids is 2. The maximum Gasteiger partial charge on any atom is 0.434 e. The highest BCUT2D eigenvalue weighted by molar-refractivity contribution is 5.94. The van der Waals surface area contributed by atoms with Crippen molar-refractivity contribution in [2.75, 3.05) is 20.2 Å². The fourth-order valence-corrected chi connectivity index (χ4v) is 3.26. The fourth-order valence-electron chi connectivity index (χ4n) is 3.26. The van der Waals surface area contributed by atoms with Crippen LogP contribution in [-0.4, -0.2) is 58.8 Å². The monoisotopic (exact) mass is 438 g/mol. The van der Waals surface area contributed by atoms with Crippen LogP contribution in [0.15, 0.2) is 30.5 Å². The minimum Gasteiger partial charge on any atom is -0.462 e. The number of ether oxygens (including phenoxy) is 1. The minimum atomic E-state index is -4.82. The van der Waals surface area contributed by atoms with Gasteiger partial charge < -0.3 is 10.1 Å². The highest BCUT2D eigenvalue weighted by Gasteiger charge is 2.41. The van der Waals surface area contributed by atoms with Gasteiger partial charge >= 0.3 is 12.1 Å². The standard InChI is InChI=1S/C21H25F3N4O3/c1-4-31-20(30)17-12-26-28(18(17)21(22,23)24)16-7-5-14(6-8-16)19(29)25-11-13(2)27(3)15-9-10-15/h5-8,12-13,15H,4,9-11H2,1-3H3,(H,25,29). The van der Waals surface area contributed by atoms with Crippen molar-refractivity contribution in [1.82, 2.24) is 20.0 Å². The number of rotatable bonds is 8. The molecule has 0 saturated heterocycles. The predicted octanol–water partition coefficient (Wildman–Crippen LogP) is 3.28. The molecule has 1 fully saturated rings. The molecular formula is C21H25F3N4O3. The smallest absolute Gasteiger partial charge is 0.434 e. The van der Waals surface area contributed by atoms with E-state index in [2.05, 4.69) is 15.3 Å². The molecule has 2 aromatic rings. The van der Waals surface area contributed by atoms with Crippen molar-refractivity contribution < 1.29 is 27.5 Å². The Balaban J connectivity index is 1.75. The van der Waals surface area contributed by atoms with Crippen molar-refractivity contribution in [3.63, 3.8) is 0 Å². The molecule has 1 heterocycles. The molecule has 0 spiro atoms. The molecule has 1 aliphatic rings. The third-order valence-electron chi connectivity index (χ3n) is 5.28. The third-order valence-corrected chi connectivity index (χ3v) is 5.28. The van der Waals surface area contributed by atoms with Crippen LogP contribution >= 0.6 is 0 Å². The molecule has 1 aliphatic carbocycles. The average molecular weight is 438 g/mol. The van der Waals surface area contributed by atoms with Gasteiger partial charge in [-0.15, -0.1) is 0 Å². The van der Waals surface area contributed by atoms with E-state index >= 15 is 0 Å². The van der Waals surface area contributed by atoms with Gasteiger partial charge in [-0.2, -0.15) is 18.3 Å². The molecule has 1 atom stereocenters. The number of nitrogens with one attached hydrogen (secondary N) is 1. The zero-order valence-corrected chi connectivity index (χ0v) is 17.6. The summed E-state index contributed by atoms with van der Waals surface area (Å²) < 4.78 is 46.1. The van der Waals surface area contributed by atoms with Crippen LogP contribution in [-0.2, 0) is 10.9 Å². The molecule has 0 aliphatic heterocycles. The number of esters is 1. The maximum atomic E-state index is 13.6. The van der Waals surface area contributed by atoms with Crippen LogP contribution in [0.2, 0.25) is 0 Å². The van der Waals surface area contributed by atoms with Crippen molar-refractivity contribution >= 4 is 11.9 Å². The summed E-state index contributed by atoms with van der Waals surface area (Å²) in [5.41, 5.74) is -1.50. The minimum absolute atomic E-state index is 0.0554. The summed E-state index contributed by atoms with van der Waals surface area (Å²) in [5.74, 6) is -1.41. The van der Waals surface area contributed by atoms with Crippen molar-refractivity contribution in [2.24, 2.45) is 0 Å². The number of hydrogen-bond acceptors (Lipinski definition) is 5. The second kappa shape index (κ2) is 9.09. The Kier molecular flexibility index (Phi) is 6.68. The Morgan fingerprint density at radius 1 is 1.29 bits per heavy atom. The first-order valence-corrected chi connectivity index (χ1v) is 10.1. The number of hydrogen-bond donors (Lipinski definition) is 1. The second-order valence-electron chi connectivity index (χ2n) is 7.54. The molecule has 1 saturated carbocycles. The molecular weight excluding hydrogens is 413 g/mol. The average Bonchev–Trinajstić information content (AvgIpc) is 3.47. The van der Waals surface area contributed by atoms with Crippen LogP contribution in [0, 0.1) is 0 Å². The number of halogens is 3. The number of benzene rings is 1. The van der Waals surface area contributed by atoms with Crippen LogP contribution in [0.25, 0.3) is 5.69 Å². The number of likely N-dealkylation sites (N-methyl/N-ethyl adjacent to an activating group) is 1. The van der Waals surface area contributed by atoms with E-state index in [4.69, 9.17) is 4.74 Å². The van der Waals surface area contributed by atoms with Gasteiger partial charge in [-0.25, -0.2) is 9.48 Å². The molecule has 1 amide bonds. The molecule has 31 heavy (non-hydrogen) atoms. The first kappa shape index (κ1) is 22.8. The van der Waals surface area contributed by atoms with Gasteiger partial charge in [0.1, 0.15) is 5.56 Å². The van der Waals surface area contributed by atoms with E-state index < -0.39 is 23.4 Å². The van der Waals surface area contributed by atoms with Gasteiger partial charge in [0.15, 0.2) is 5.69 Å². The van der Waals surface area contributed by atoms with E-state index in [9.17, 15) is 22.8 Å². The normalized spacial score (nSPS) is 15.1.